The maximum absolute atomic E-state index is 5.96. The van der Waals surface area contributed by atoms with Crippen molar-refractivity contribution in [1.82, 2.24) is 9.55 Å². The van der Waals surface area contributed by atoms with Gasteiger partial charge in [-0.05, 0) is 56.7 Å². The van der Waals surface area contributed by atoms with Crippen molar-refractivity contribution in [3.8, 4) is 5.75 Å². The van der Waals surface area contributed by atoms with Crippen LogP contribution in [0.3, 0.4) is 0 Å². The number of imidazole rings is 1. The SMILES string of the molecule is CC(C)Oc1ccc(NC(N)=NCCCn2cnc3ccccc32)cc1.I. The summed E-state index contributed by atoms with van der Waals surface area (Å²) in [6.45, 7) is 5.52. The quantitative estimate of drug-likeness (QED) is 0.230. The highest BCUT2D eigenvalue weighted by Gasteiger charge is 2.01. The number of anilines is 1. The molecule has 7 heteroatoms. The molecule has 0 radical (unpaired) electrons. The number of hydrogen-bond donors (Lipinski definition) is 2. The molecule has 0 spiro atoms. The molecule has 0 atom stereocenters. The van der Waals surface area contributed by atoms with E-state index in [2.05, 4.69) is 25.9 Å². The third-order valence-corrected chi connectivity index (χ3v) is 3.87. The molecule has 0 saturated heterocycles. The second kappa shape index (κ2) is 10.1. The van der Waals surface area contributed by atoms with Crippen molar-refractivity contribution < 1.29 is 4.74 Å². The molecule has 6 nitrogen and oxygen atoms in total. The Labute approximate surface area is 176 Å². The molecule has 0 aliphatic rings. The fourth-order valence-electron chi connectivity index (χ4n) is 2.71. The van der Waals surface area contributed by atoms with E-state index in [9.17, 15) is 0 Å². The van der Waals surface area contributed by atoms with Gasteiger partial charge in [0.2, 0.25) is 0 Å². The van der Waals surface area contributed by atoms with E-state index in [1.165, 1.54) is 0 Å². The van der Waals surface area contributed by atoms with Gasteiger partial charge < -0.3 is 20.4 Å². The van der Waals surface area contributed by atoms with Crippen molar-refractivity contribution >= 4 is 46.7 Å². The maximum Gasteiger partial charge on any atom is 0.193 e. The Hall–Kier alpha value is -2.29. The smallest absolute Gasteiger partial charge is 0.193 e. The standard InChI is InChI=1S/C20H25N5O.HI/c1-15(2)26-17-10-8-16(9-11-17)24-20(21)22-12-5-13-25-14-23-18-6-3-4-7-19(18)25;/h3-4,6-11,14-15H,5,12-13H2,1-2H3,(H3,21,22,24);1H. The molecule has 144 valence electrons. The van der Waals surface area contributed by atoms with Crippen LogP contribution in [0.15, 0.2) is 59.9 Å². The normalized spacial score (nSPS) is 11.4. The number of aryl methyl sites for hydroxylation is 1. The number of ether oxygens (including phenoxy) is 1. The Morgan fingerprint density at radius 2 is 1.93 bits per heavy atom. The summed E-state index contributed by atoms with van der Waals surface area (Å²) in [5, 5.41) is 3.10. The molecule has 0 aliphatic carbocycles. The minimum absolute atomic E-state index is 0. The lowest BCUT2D eigenvalue weighted by molar-refractivity contribution is 0.242. The van der Waals surface area contributed by atoms with E-state index in [0.29, 0.717) is 12.5 Å². The number of hydrogen-bond acceptors (Lipinski definition) is 3. The van der Waals surface area contributed by atoms with E-state index >= 15 is 0 Å². The van der Waals surface area contributed by atoms with Crippen LogP contribution in [0.4, 0.5) is 5.69 Å². The van der Waals surface area contributed by atoms with Crippen LogP contribution in [0, 0.1) is 0 Å². The van der Waals surface area contributed by atoms with Crippen molar-refractivity contribution in [3.05, 3.63) is 54.9 Å². The zero-order valence-corrected chi connectivity index (χ0v) is 18.0. The monoisotopic (exact) mass is 479 g/mol. The van der Waals surface area contributed by atoms with Crippen LogP contribution in [0.5, 0.6) is 5.75 Å². The first-order chi connectivity index (χ1) is 12.6. The number of nitrogens with one attached hydrogen (secondary N) is 1. The van der Waals surface area contributed by atoms with Crippen molar-refractivity contribution in [1.29, 1.82) is 0 Å². The second-order valence-electron chi connectivity index (χ2n) is 6.36. The van der Waals surface area contributed by atoms with Crippen molar-refractivity contribution in [2.45, 2.75) is 32.9 Å². The molecule has 0 aliphatic heterocycles. The Morgan fingerprint density at radius 3 is 2.67 bits per heavy atom. The lowest BCUT2D eigenvalue weighted by Gasteiger charge is -2.11. The molecule has 0 fully saturated rings. The average molecular weight is 479 g/mol. The van der Waals surface area contributed by atoms with Crippen molar-refractivity contribution in [2.75, 3.05) is 11.9 Å². The highest BCUT2D eigenvalue weighted by atomic mass is 127. The van der Waals surface area contributed by atoms with Crippen LogP contribution in [-0.4, -0.2) is 28.2 Å². The van der Waals surface area contributed by atoms with E-state index in [1.807, 2.05) is 62.6 Å². The third kappa shape index (κ3) is 6.13. The van der Waals surface area contributed by atoms with Gasteiger partial charge in [-0.2, -0.15) is 0 Å². The number of nitrogens with zero attached hydrogens (tertiary/aromatic N) is 3. The number of halogens is 1. The number of aliphatic imine (C=N–C) groups is 1. The van der Waals surface area contributed by atoms with Crippen LogP contribution >= 0.6 is 24.0 Å². The zero-order valence-electron chi connectivity index (χ0n) is 15.6. The summed E-state index contributed by atoms with van der Waals surface area (Å²) >= 11 is 0. The predicted molar refractivity (Wildman–Crippen MR) is 122 cm³/mol. The summed E-state index contributed by atoms with van der Waals surface area (Å²) in [5.74, 6) is 1.26. The molecule has 1 heterocycles. The lowest BCUT2D eigenvalue weighted by atomic mass is 10.3. The van der Waals surface area contributed by atoms with Gasteiger partial charge in [0.05, 0.1) is 23.5 Å². The molecule has 3 N–H and O–H groups in total. The van der Waals surface area contributed by atoms with Gasteiger partial charge in [-0.25, -0.2) is 4.98 Å². The Balaban J connectivity index is 0.00000261. The molecule has 0 bridgehead atoms. The number of para-hydroxylation sites is 2. The number of aromatic nitrogens is 2. The number of nitrogens with two attached hydrogens (primary N) is 1. The summed E-state index contributed by atoms with van der Waals surface area (Å²) in [5.41, 5.74) is 9.02. The highest BCUT2D eigenvalue weighted by Crippen LogP contribution is 2.16. The number of fused-ring (bicyclic) bond motifs is 1. The van der Waals surface area contributed by atoms with Gasteiger partial charge in [-0.1, -0.05) is 12.1 Å². The Morgan fingerprint density at radius 1 is 1.19 bits per heavy atom. The highest BCUT2D eigenvalue weighted by molar-refractivity contribution is 14.0. The van der Waals surface area contributed by atoms with Gasteiger partial charge >= 0.3 is 0 Å². The molecule has 3 rings (SSSR count). The zero-order chi connectivity index (χ0) is 18.4. The fraction of sp³-hybridized carbons (Fsp3) is 0.300. The number of rotatable bonds is 7. The summed E-state index contributed by atoms with van der Waals surface area (Å²) in [6, 6.07) is 15.8. The summed E-state index contributed by atoms with van der Waals surface area (Å²) in [7, 11) is 0. The summed E-state index contributed by atoms with van der Waals surface area (Å²) in [4.78, 5) is 8.78. The van der Waals surface area contributed by atoms with Crippen LogP contribution in [-0.2, 0) is 6.54 Å². The second-order valence-corrected chi connectivity index (χ2v) is 6.36. The molecular formula is C20H26IN5O. The summed E-state index contributed by atoms with van der Waals surface area (Å²) in [6.07, 6.45) is 2.92. The van der Waals surface area contributed by atoms with Gasteiger partial charge in [-0.15, -0.1) is 24.0 Å². The average Bonchev–Trinajstić information content (AvgIpc) is 3.03. The predicted octanol–water partition coefficient (Wildman–Crippen LogP) is 4.26. The Kier molecular flexibility index (Phi) is 7.90. The molecule has 27 heavy (non-hydrogen) atoms. The van der Waals surface area contributed by atoms with Gasteiger partial charge in [0, 0.05) is 18.8 Å². The molecule has 0 saturated carbocycles. The molecular weight excluding hydrogens is 453 g/mol. The van der Waals surface area contributed by atoms with E-state index in [4.69, 9.17) is 10.5 Å². The van der Waals surface area contributed by atoms with Gasteiger partial charge in [0.25, 0.3) is 0 Å². The van der Waals surface area contributed by atoms with E-state index in [0.717, 1.165) is 35.4 Å². The topological polar surface area (TPSA) is 77.5 Å². The lowest BCUT2D eigenvalue weighted by Crippen LogP contribution is -2.23. The first-order valence-corrected chi connectivity index (χ1v) is 8.85. The fourth-order valence-corrected chi connectivity index (χ4v) is 2.71. The van der Waals surface area contributed by atoms with Gasteiger partial charge in [-0.3, -0.25) is 4.99 Å². The van der Waals surface area contributed by atoms with Crippen LogP contribution < -0.4 is 15.8 Å². The van der Waals surface area contributed by atoms with E-state index in [1.54, 1.807) is 0 Å². The van der Waals surface area contributed by atoms with Crippen molar-refractivity contribution in [2.24, 2.45) is 10.7 Å². The molecule has 0 unspecified atom stereocenters. The van der Waals surface area contributed by atoms with Crippen LogP contribution in [0.1, 0.15) is 20.3 Å². The van der Waals surface area contributed by atoms with Crippen LogP contribution in [0.2, 0.25) is 0 Å². The first kappa shape index (κ1) is 21.0. The maximum atomic E-state index is 5.96. The molecule has 3 aromatic rings. The minimum atomic E-state index is 0. The van der Waals surface area contributed by atoms with E-state index < -0.39 is 0 Å². The molecule has 2 aromatic carbocycles. The Bertz CT molecular complexity index is 873. The van der Waals surface area contributed by atoms with Gasteiger partial charge in [0.1, 0.15) is 5.75 Å². The first-order valence-electron chi connectivity index (χ1n) is 8.85. The minimum Gasteiger partial charge on any atom is -0.491 e. The summed E-state index contributed by atoms with van der Waals surface area (Å²) < 4.78 is 7.76. The van der Waals surface area contributed by atoms with Gasteiger partial charge in [0.15, 0.2) is 5.96 Å². The molecule has 0 amide bonds. The third-order valence-electron chi connectivity index (χ3n) is 3.87. The largest absolute Gasteiger partial charge is 0.491 e. The van der Waals surface area contributed by atoms with Crippen molar-refractivity contribution in [3.63, 3.8) is 0 Å². The number of benzene rings is 2. The number of guanidine groups is 1. The van der Waals surface area contributed by atoms with E-state index in [-0.39, 0.29) is 30.1 Å². The van der Waals surface area contributed by atoms with Crippen LogP contribution in [0.25, 0.3) is 11.0 Å². The molecule has 1 aromatic heterocycles.